The van der Waals surface area contributed by atoms with Gasteiger partial charge in [-0.25, -0.2) is 0 Å². The van der Waals surface area contributed by atoms with E-state index in [0.717, 1.165) is 6.26 Å². The fourth-order valence-corrected chi connectivity index (χ4v) is 0.138. The molecule has 0 fully saturated rings. The summed E-state index contributed by atoms with van der Waals surface area (Å²) < 4.78 is 25.6. The molecule has 0 spiro atoms. The Hall–Kier alpha value is -0.600. The minimum atomic E-state index is -2.68. The second-order valence-electron chi connectivity index (χ2n) is 0.866. The molecule has 0 bridgehead atoms. The standard InChI is InChI=1S/C4H6F2O/c1-2-3-7-4(5)6/h2-4H,1H3/b3-2+. The van der Waals surface area contributed by atoms with Crippen LogP contribution in [0.2, 0.25) is 0 Å². The zero-order chi connectivity index (χ0) is 5.70. The summed E-state index contributed by atoms with van der Waals surface area (Å²) in [5.41, 5.74) is 0. The molecule has 3 heteroatoms. The average molecular weight is 108 g/mol. The molecular formula is C4H6F2O. The lowest BCUT2D eigenvalue weighted by atomic mass is 10.7. The smallest absolute Gasteiger partial charge is 0.386 e. The number of rotatable bonds is 2. The largest absolute Gasteiger partial charge is 0.443 e. The quantitative estimate of drug-likeness (QED) is 0.490. The van der Waals surface area contributed by atoms with E-state index >= 15 is 0 Å². The summed E-state index contributed by atoms with van der Waals surface area (Å²) in [5, 5.41) is 0. The molecule has 0 aromatic carbocycles. The summed E-state index contributed by atoms with van der Waals surface area (Å²) in [6, 6.07) is 0. The van der Waals surface area contributed by atoms with E-state index < -0.39 is 6.61 Å². The summed E-state index contributed by atoms with van der Waals surface area (Å²) in [6.07, 6.45) is 2.34. The fraction of sp³-hybridized carbons (Fsp3) is 0.500. The maximum atomic E-state index is 10.9. The van der Waals surface area contributed by atoms with Crippen molar-refractivity contribution in [2.75, 3.05) is 0 Å². The van der Waals surface area contributed by atoms with Crippen LogP contribution < -0.4 is 0 Å². The molecule has 0 heterocycles. The topological polar surface area (TPSA) is 9.23 Å². The lowest BCUT2D eigenvalue weighted by Crippen LogP contribution is -1.88. The van der Waals surface area contributed by atoms with Gasteiger partial charge in [0.05, 0.1) is 6.26 Å². The van der Waals surface area contributed by atoms with Crippen LogP contribution in [-0.4, -0.2) is 6.61 Å². The maximum Gasteiger partial charge on any atom is 0.386 e. The number of hydrogen-bond donors (Lipinski definition) is 0. The monoisotopic (exact) mass is 108 g/mol. The van der Waals surface area contributed by atoms with Crippen molar-refractivity contribution in [1.29, 1.82) is 0 Å². The van der Waals surface area contributed by atoms with Crippen LogP contribution in [0, 0.1) is 0 Å². The molecule has 0 saturated heterocycles. The first kappa shape index (κ1) is 6.40. The van der Waals surface area contributed by atoms with Crippen molar-refractivity contribution in [2.45, 2.75) is 13.5 Å². The molecule has 0 unspecified atom stereocenters. The van der Waals surface area contributed by atoms with Gasteiger partial charge in [0, 0.05) is 0 Å². The molecule has 0 rings (SSSR count). The Morgan fingerprint density at radius 3 is 2.29 bits per heavy atom. The predicted octanol–water partition coefficient (Wildman–Crippen LogP) is 1.76. The van der Waals surface area contributed by atoms with E-state index in [0.29, 0.717) is 0 Å². The average Bonchev–Trinajstić information content (AvgIpc) is 1.61. The van der Waals surface area contributed by atoms with Gasteiger partial charge in [0.1, 0.15) is 0 Å². The molecule has 42 valence electrons. The molecule has 0 saturated carbocycles. The van der Waals surface area contributed by atoms with Gasteiger partial charge in [-0.05, 0) is 6.92 Å². The summed E-state index contributed by atoms with van der Waals surface area (Å²) in [7, 11) is 0. The van der Waals surface area contributed by atoms with Crippen molar-refractivity contribution in [1.82, 2.24) is 0 Å². The number of allylic oxidation sites excluding steroid dienone is 1. The minimum Gasteiger partial charge on any atom is -0.443 e. The Kier molecular flexibility index (Phi) is 3.28. The van der Waals surface area contributed by atoms with Crippen LogP contribution in [0.4, 0.5) is 8.78 Å². The van der Waals surface area contributed by atoms with Crippen LogP contribution in [0.15, 0.2) is 12.3 Å². The van der Waals surface area contributed by atoms with Gasteiger partial charge in [-0.15, -0.1) is 0 Å². The van der Waals surface area contributed by atoms with E-state index in [1.54, 1.807) is 6.92 Å². The highest BCUT2D eigenvalue weighted by Crippen LogP contribution is 1.93. The van der Waals surface area contributed by atoms with Crippen molar-refractivity contribution in [2.24, 2.45) is 0 Å². The van der Waals surface area contributed by atoms with Gasteiger partial charge in [-0.3, -0.25) is 0 Å². The molecule has 0 aromatic heterocycles. The summed E-state index contributed by atoms with van der Waals surface area (Å²) in [4.78, 5) is 0. The lowest BCUT2D eigenvalue weighted by Gasteiger charge is -1.92. The normalized spacial score (nSPS) is 10.9. The van der Waals surface area contributed by atoms with Crippen LogP contribution in [0.1, 0.15) is 6.92 Å². The highest BCUT2D eigenvalue weighted by molar-refractivity contribution is 4.64. The summed E-state index contributed by atoms with van der Waals surface area (Å²) in [5.74, 6) is 0. The zero-order valence-corrected chi connectivity index (χ0v) is 3.90. The third kappa shape index (κ3) is 5.40. The summed E-state index contributed by atoms with van der Waals surface area (Å²) in [6.45, 7) is -1.08. The van der Waals surface area contributed by atoms with E-state index in [4.69, 9.17) is 0 Å². The number of alkyl halides is 2. The van der Waals surface area contributed by atoms with Crippen LogP contribution in [0.25, 0.3) is 0 Å². The third-order valence-corrected chi connectivity index (χ3v) is 0.318. The van der Waals surface area contributed by atoms with Crippen LogP contribution >= 0.6 is 0 Å². The number of ether oxygens (including phenoxy) is 1. The van der Waals surface area contributed by atoms with E-state index in [9.17, 15) is 8.78 Å². The Morgan fingerprint density at radius 1 is 1.57 bits per heavy atom. The van der Waals surface area contributed by atoms with E-state index in [2.05, 4.69) is 4.74 Å². The van der Waals surface area contributed by atoms with Gasteiger partial charge in [-0.2, -0.15) is 8.78 Å². The Bertz CT molecular complexity index is 60.7. The lowest BCUT2D eigenvalue weighted by molar-refractivity contribution is -0.0830. The molecule has 0 amide bonds. The van der Waals surface area contributed by atoms with Gasteiger partial charge < -0.3 is 4.74 Å². The molecule has 7 heavy (non-hydrogen) atoms. The van der Waals surface area contributed by atoms with Gasteiger partial charge in [-0.1, -0.05) is 6.08 Å². The zero-order valence-electron chi connectivity index (χ0n) is 3.90. The molecule has 0 radical (unpaired) electrons. The first-order valence-corrected chi connectivity index (χ1v) is 1.82. The first-order chi connectivity index (χ1) is 3.27. The van der Waals surface area contributed by atoms with Gasteiger partial charge in [0.15, 0.2) is 0 Å². The van der Waals surface area contributed by atoms with Crippen molar-refractivity contribution < 1.29 is 13.5 Å². The van der Waals surface area contributed by atoms with E-state index in [-0.39, 0.29) is 0 Å². The Balaban J connectivity index is 2.97. The van der Waals surface area contributed by atoms with Crippen molar-refractivity contribution in [3.05, 3.63) is 12.3 Å². The Labute approximate surface area is 40.6 Å². The van der Waals surface area contributed by atoms with Crippen LogP contribution in [-0.2, 0) is 4.74 Å². The van der Waals surface area contributed by atoms with E-state index in [1.807, 2.05) is 0 Å². The third-order valence-electron chi connectivity index (χ3n) is 0.318. The SMILES string of the molecule is C/C=C/OC(F)F. The van der Waals surface area contributed by atoms with E-state index in [1.165, 1.54) is 6.08 Å². The van der Waals surface area contributed by atoms with Crippen molar-refractivity contribution in [3.8, 4) is 0 Å². The highest BCUT2D eigenvalue weighted by atomic mass is 19.3. The molecule has 0 aliphatic rings. The van der Waals surface area contributed by atoms with Gasteiger partial charge >= 0.3 is 6.61 Å². The fourth-order valence-electron chi connectivity index (χ4n) is 0.138. The second kappa shape index (κ2) is 3.59. The van der Waals surface area contributed by atoms with Crippen molar-refractivity contribution in [3.63, 3.8) is 0 Å². The highest BCUT2D eigenvalue weighted by Gasteiger charge is 1.93. The van der Waals surface area contributed by atoms with Crippen LogP contribution in [0.5, 0.6) is 0 Å². The van der Waals surface area contributed by atoms with Crippen molar-refractivity contribution >= 4 is 0 Å². The Morgan fingerprint density at radius 2 is 2.14 bits per heavy atom. The molecule has 1 nitrogen and oxygen atoms in total. The van der Waals surface area contributed by atoms with Gasteiger partial charge in [0.2, 0.25) is 0 Å². The number of halogens is 2. The molecule has 0 N–H and O–H groups in total. The molecule has 0 aromatic rings. The first-order valence-electron chi connectivity index (χ1n) is 1.82. The molecule has 0 atom stereocenters. The predicted molar refractivity (Wildman–Crippen MR) is 21.9 cm³/mol. The molecule has 0 aliphatic carbocycles. The van der Waals surface area contributed by atoms with Crippen LogP contribution in [0.3, 0.4) is 0 Å². The maximum absolute atomic E-state index is 10.9. The molecular weight excluding hydrogens is 102 g/mol. The number of hydrogen-bond acceptors (Lipinski definition) is 1. The summed E-state index contributed by atoms with van der Waals surface area (Å²) >= 11 is 0. The minimum absolute atomic E-state index is 0.949. The second-order valence-corrected chi connectivity index (χ2v) is 0.866. The van der Waals surface area contributed by atoms with Gasteiger partial charge in [0.25, 0.3) is 0 Å². The molecule has 0 aliphatic heterocycles.